The lowest BCUT2D eigenvalue weighted by molar-refractivity contribution is 0.402. The van der Waals surface area contributed by atoms with Crippen molar-refractivity contribution in [1.82, 2.24) is 5.32 Å². The summed E-state index contributed by atoms with van der Waals surface area (Å²) in [4.78, 5) is 0. The van der Waals surface area contributed by atoms with Gasteiger partial charge in [-0.15, -0.1) is 0 Å². The summed E-state index contributed by atoms with van der Waals surface area (Å²) >= 11 is 0. The summed E-state index contributed by atoms with van der Waals surface area (Å²) in [6.45, 7) is 6.57. The molecule has 17 heavy (non-hydrogen) atoms. The van der Waals surface area contributed by atoms with Gasteiger partial charge >= 0.3 is 0 Å². The smallest absolute Gasteiger partial charge is 0.123 e. The number of benzene rings is 1. The largest absolute Gasteiger partial charge is 0.307 e. The van der Waals surface area contributed by atoms with Crippen LogP contribution in [-0.2, 0) is 0 Å². The van der Waals surface area contributed by atoms with E-state index in [2.05, 4.69) is 26.1 Å². The molecule has 0 aromatic heterocycles. The summed E-state index contributed by atoms with van der Waals surface area (Å²) < 4.78 is 12.8. The Kier molecular flexibility index (Phi) is 6.20. The molecule has 1 rings (SSSR count). The summed E-state index contributed by atoms with van der Waals surface area (Å²) in [6.07, 6.45) is 4.82. The Hall–Kier alpha value is -0.890. The van der Waals surface area contributed by atoms with E-state index < -0.39 is 0 Å². The van der Waals surface area contributed by atoms with E-state index in [0.717, 1.165) is 5.56 Å². The second-order valence-corrected chi connectivity index (χ2v) is 4.71. The van der Waals surface area contributed by atoms with Gasteiger partial charge in [-0.2, -0.15) is 0 Å². The van der Waals surface area contributed by atoms with Gasteiger partial charge in [-0.05, 0) is 37.5 Å². The van der Waals surface area contributed by atoms with Gasteiger partial charge in [0.1, 0.15) is 5.82 Å². The molecule has 2 heteroatoms. The van der Waals surface area contributed by atoms with Crippen molar-refractivity contribution < 1.29 is 4.39 Å². The van der Waals surface area contributed by atoms with Gasteiger partial charge in [0, 0.05) is 12.1 Å². The highest BCUT2D eigenvalue weighted by Gasteiger charge is 2.11. The fourth-order valence-electron chi connectivity index (χ4n) is 2.21. The van der Waals surface area contributed by atoms with Gasteiger partial charge in [0.25, 0.3) is 0 Å². The Morgan fingerprint density at radius 1 is 1.06 bits per heavy atom. The number of nitrogens with one attached hydrogen (secondary N) is 1. The van der Waals surface area contributed by atoms with E-state index in [9.17, 15) is 4.39 Å². The van der Waals surface area contributed by atoms with E-state index >= 15 is 0 Å². The first kappa shape index (κ1) is 14.2. The fourth-order valence-corrected chi connectivity index (χ4v) is 2.21. The Bertz CT molecular complexity index is 301. The van der Waals surface area contributed by atoms with Crippen LogP contribution in [0.25, 0.3) is 0 Å². The van der Waals surface area contributed by atoms with Crippen molar-refractivity contribution in [2.75, 3.05) is 0 Å². The molecule has 0 fully saturated rings. The zero-order valence-corrected chi connectivity index (χ0v) is 11.2. The topological polar surface area (TPSA) is 12.0 Å². The van der Waals surface area contributed by atoms with Gasteiger partial charge in [-0.1, -0.05) is 38.8 Å². The fraction of sp³-hybridized carbons (Fsp3) is 0.600. The zero-order chi connectivity index (χ0) is 12.7. The molecule has 0 amide bonds. The molecule has 0 saturated carbocycles. The van der Waals surface area contributed by atoms with E-state index in [1.54, 1.807) is 0 Å². The Morgan fingerprint density at radius 2 is 1.59 bits per heavy atom. The highest BCUT2D eigenvalue weighted by Crippen LogP contribution is 2.16. The maximum Gasteiger partial charge on any atom is 0.123 e. The lowest BCUT2D eigenvalue weighted by Crippen LogP contribution is -2.31. The zero-order valence-electron chi connectivity index (χ0n) is 11.2. The number of hydrogen-bond acceptors (Lipinski definition) is 1. The molecule has 0 heterocycles. The van der Waals surface area contributed by atoms with Gasteiger partial charge in [-0.3, -0.25) is 0 Å². The minimum atomic E-state index is -0.167. The predicted molar refractivity (Wildman–Crippen MR) is 71.6 cm³/mol. The van der Waals surface area contributed by atoms with Gasteiger partial charge in [0.05, 0.1) is 0 Å². The highest BCUT2D eigenvalue weighted by atomic mass is 19.1. The Morgan fingerprint density at radius 3 is 2.06 bits per heavy atom. The average Bonchev–Trinajstić information content (AvgIpc) is 2.30. The number of rotatable bonds is 7. The minimum absolute atomic E-state index is 0.167. The van der Waals surface area contributed by atoms with Crippen molar-refractivity contribution in [1.29, 1.82) is 0 Å². The first-order valence-corrected chi connectivity index (χ1v) is 6.68. The van der Waals surface area contributed by atoms with Crippen molar-refractivity contribution in [3.05, 3.63) is 35.6 Å². The molecule has 0 aliphatic rings. The molecule has 1 aromatic rings. The molecular formula is C15H24FN. The van der Waals surface area contributed by atoms with Crippen LogP contribution in [0.4, 0.5) is 4.39 Å². The third-order valence-electron chi connectivity index (χ3n) is 3.13. The summed E-state index contributed by atoms with van der Waals surface area (Å²) in [7, 11) is 0. The van der Waals surface area contributed by atoms with Crippen LogP contribution in [0.2, 0.25) is 0 Å². The van der Waals surface area contributed by atoms with Crippen molar-refractivity contribution in [2.45, 2.75) is 58.5 Å². The van der Waals surface area contributed by atoms with Crippen LogP contribution in [0, 0.1) is 5.82 Å². The molecule has 0 saturated heterocycles. The molecule has 1 nitrogen and oxygen atoms in total. The van der Waals surface area contributed by atoms with Crippen LogP contribution in [-0.4, -0.2) is 6.04 Å². The first-order valence-electron chi connectivity index (χ1n) is 6.68. The first-order chi connectivity index (χ1) is 8.17. The van der Waals surface area contributed by atoms with Crippen LogP contribution in [0.1, 0.15) is 58.1 Å². The van der Waals surface area contributed by atoms with Crippen molar-refractivity contribution in [3.63, 3.8) is 0 Å². The van der Waals surface area contributed by atoms with E-state index in [1.165, 1.54) is 37.8 Å². The SMILES string of the molecule is CCCC(CCC)N[C@@H](C)c1ccc(F)cc1. The monoisotopic (exact) mass is 237 g/mol. The lowest BCUT2D eigenvalue weighted by atomic mass is 10.0. The predicted octanol–water partition coefficient (Wildman–Crippen LogP) is 4.45. The third kappa shape index (κ3) is 4.86. The molecule has 0 spiro atoms. The van der Waals surface area contributed by atoms with Crippen molar-refractivity contribution >= 4 is 0 Å². The van der Waals surface area contributed by atoms with E-state index in [0.29, 0.717) is 12.1 Å². The van der Waals surface area contributed by atoms with Gasteiger partial charge in [-0.25, -0.2) is 4.39 Å². The van der Waals surface area contributed by atoms with E-state index in [4.69, 9.17) is 0 Å². The summed E-state index contributed by atoms with van der Waals surface area (Å²) in [5.74, 6) is -0.167. The quantitative estimate of drug-likeness (QED) is 0.739. The van der Waals surface area contributed by atoms with Crippen LogP contribution in [0.15, 0.2) is 24.3 Å². The number of halogens is 1. The Labute approximate surface area is 104 Å². The Balaban J connectivity index is 2.56. The van der Waals surface area contributed by atoms with Gasteiger partial charge in [0.2, 0.25) is 0 Å². The molecule has 1 atom stereocenters. The van der Waals surface area contributed by atoms with Crippen LogP contribution < -0.4 is 5.32 Å². The molecule has 0 unspecified atom stereocenters. The molecule has 0 aliphatic carbocycles. The van der Waals surface area contributed by atoms with Crippen molar-refractivity contribution in [3.8, 4) is 0 Å². The minimum Gasteiger partial charge on any atom is -0.307 e. The molecule has 0 bridgehead atoms. The molecule has 96 valence electrons. The van der Waals surface area contributed by atoms with Crippen molar-refractivity contribution in [2.24, 2.45) is 0 Å². The molecular weight excluding hydrogens is 213 g/mol. The van der Waals surface area contributed by atoms with Crippen LogP contribution in [0.5, 0.6) is 0 Å². The third-order valence-corrected chi connectivity index (χ3v) is 3.13. The van der Waals surface area contributed by atoms with Crippen LogP contribution in [0.3, 0.4) is 0 Å². The van der Waals surface area contributed by atoms with Gasteiger partial charge in [0.15, 0.2) is 0 Å². The molecule has 0 radical (unpaired) electrons. The second-order valence-electron chi connectivity index (χ2n) is 4.71. The highest BCUT2D eigenvalue weighted by molar-refractivity contribution is 5.19. The average molecular weight is 237 g/mol. The molecule has 0 aliphatic heterocycles. The van der Waals surface area contributed by atoms with E-state index in [-0.39, 0.29) is 5.82 Å². The van der Waals surface area contributed by atoms with E-state index in [1.807, 2.05) is 12.1 Å². The maximum absolute atomic E-state index is 12.8. The van der Waals surface area contributed by atoms with Crippen LogP contribution >= 0.6 is 0 Å². The second kappa shape index (κ2) is 7.44. The summed E-state index contributed by atoms with van der Waals surface area (Å²) in [6, 6.07) is 7.65. The maximum atomic E-state index is 12.8. The summed E-state index contributed by atoms with van der Waals surface area (Å²) in [5, 5.41) is 3.63. The molecule has 1 aromatic carbocycles. The number of hydrogen-bond donors (Lipinski definition) is 1. The standard InChI is InChI=1S/C15H24FN/c1-4-6-15(7-5-2)17-12(3)13-8-10-14(16)11-9-13/h8-12,15,17H,4-7H2,1-3H3/t12-/m0/s1. The summed E-state index contributed by atoms with van der Waals surface area (Å²) in [5.41, 5.74) is 1.16. The normalized spacial score (nSPS) is 13.0. The van der Waals surface area contributed by atoms with Gasteiger partial charge < -0.3 is 5.32 Å². The molecule has 1 N–H and O–H groups in total. The lowest BCUT2D eigenvalue weighted by Gasteiger charge is -2.23.